The molecule has 222 valence electrons. The maximum Gasteiger partial charge on any atom is 0.154 e. The molecular formula is C35H39N5O3. The van der Waals surface area contributed by atoms with E-state index in [4.69, 9.17) is 24.6 Å². The summed E-state index contributed by atoms with van der Waals surface area (Å²) >= 11 is 0. The standard InChI is InChI=1S/C25H31N3O3.C10H8N2/c1-27-24-21(11-8-12-22(24)30-3)25(26-27)28(16-18-9-6-5-7-10-18)17-19-13-14-20(29-2)15-23(19)31-4;1-7-5-9-8(6-11)3-2-4-10(9)12-7/h5-7,9-10,13-15,22H,8,11-12,16-17H2,1-4H3;2-5,12H,1H3/t22-;/m1./s1. The second-order valence-electron chi connectivity index (χ2n) is 10.8. The first-order chi connectivity index (χ1) is 20.9. The Morgan fingerprint density at radius 3 is 2.53 bits per heavy atom. The molecule has 0 amide bonds. The Morgan fingerprint density at radius 2 is 1.81 bits per heavy atom. The molecule has 1 atom stereocenters. The summed E-state index contributed by atoms with van der Waals surface area (Å²) in [5.74, 6) is 2.63. The quantitative estimate of drug-likeness (QED) is 0.213. The third-order valence-electron chi connectivity index (χ3n) is 7.95. The predicted molar refractivity (Wildman–Crippen MR) is 170 cm³/mol. The number of anilines is 1. The van der Waals surface area contributed by atoms with Gasteiger partial charge in [0.1, 0.15) is 11.5 Å². The first-order valence-corrected chi connectivity index (χ1v) is 14.5. The van der Waals surface area contributed by atoms with Crippen LogP contribution in [0.25, 0.3) is 10.9 Å². The molecule has 0 saturated heterocycles. The molecule has 0 aliphatic heterocycles. The van der Waals surface area contributed by atoms with Gasteiger partial charge in [-0.1, -0.05) is 36.4 Å². The SMILES string of the molecule is COc1ccc(CN(Cc2ccccc2)c2nn(C)c3c2CCC[C@H]3OC)c(OC)c1.Cc1cc2c(C#N)cccc2[nH]1. The molecule has 1 aliphatic carbocycles. The fourth-order valence-corrected chi connectivity index (χ4v) is 5.88. The van der Waals surface area contributed by atoms with Crippen LogP contribution in [0.5, 0.6) is 11.5 Å². The largest absolute Gasteiger partial charge is 0.497 e. The number of methoxy groups -OCH3 is 3. The zero-order valence-corrected chi connectivity index (χ0v) is 25.6. The van der Waals surface area contributed by atoms with Crippen molar-refractivity contribution >= 4 is 16.7 Å². The highest BCUT2D eigenvalue weighted by Gasteiger charge is 2.30. The zero-order chi connectivity index (χ0) is 30.3. The van der Waals surface area contributed by atoms with E-state index in [-0.39, 0.29) is 6.10 Å². The molecular weight excluding hydrogens is 538 g/mol. The van der Waals surface area contributed by atoms with Crippen molar-refractivity contribution in [1.29, 1.82) is 5.26 Å². The van der Waals surface area contributed by atoms with Crippen LogP contribution >= 0.6 is 0 Å². The summed E-state index contributed by atoms with van der Waals surface area (Å²) in [5, 5.41) is 14.8. The highest BCUT2D eigenvalue weighted by Crippen LogP contribution is 2.38. The van der Waals surface area contributed by atoms with E-state index in [9.17, 15) is 0 Å². The number of nitrogens with one attached hydrogen (secondary N) is 1. The summed E-state index contributed by atoms with van der Waals surface area (Å²) in [6.45, 7) is 3.43. The maximum absolute atomic E-state index is 8.78. The summed E-state index contributed by atoms with van der Waals surface area (Å²) in [4.78, 5) is 5.53. The number of hydrogen-bond acceptors (Lipinski definition) is 6. The summed E-state index contributed by atoms with van der Waals surface area (Å²) in [6, 6.07) is 26.4. The molecule has 0 bridgehead atoms. The summed E-state index contributed by atoms with van der Waals surface area (Å²) in [5.41, 5.74) is 7.69. The first kappa shape index (κ1) is 29.7. The minimum Gasteiger partial charge on any atom is -0.497 e. The number of nitrogens with zero attached hydrogens (tertiary/aromatic N) is 4. The average Bonchev–Trinajstić information content (AvgIpc) is 3.60. The molecule has 8 nitrogen and oxygen atoms in total. The van der Waals surface area contributed by atoms with E-state index in [1.807, 2.05) is 61.1 Å². The van der Waals surface area contributed by atoms with Crippen LogP contribution in [-0.2, 0) is 31.3 Å². The van der Waals surface area contributed by atoms with Crippen molar-refractivity contribution in [1.82, 2.24) is 14.8 Å². The van der Waals surface area contributed by atoms with E-state index in [0.717, 1.165) is 70.8 Å². The molecule has 43 heavy (non-hydrogen) atoms. The van der Waals surface area contributed by atoms with Crippen LogP contribution in [-0.4, -0.2) is 36.1 Å². The molecule has 1 N–H and O–H groups in total. The molecule has 0 radical (unpaired) electrons. The van der Waals surface area contributed by atoms with Crippen LogP contribution < -0.4 is 14.4 Å². The number of hydrogen-bond donors (Lipinski definition) is 1. The molecule has 0 saturated carbocycles. The number of benzene rings is 3. The van der Waals surface area contributed by atoms with Crippen molar-refractivity contribution in [2.45, 2.75) is 45.4 Å². The number of aromatic amines is 1. The second kappa shape index (κ2) is 13.5. The number of rotatable bonds is 8. The van der Waals surface area contributed by atoms with E-state index in [0.29, 0.717) is 6.54 Å². The lowest BCUT2D eigenvalue weighted by atomic mass is 9.94. The van der Waals surface area contributed by atoms with Gasteiger partial charge in [-0.15, -0.1) is 0 Å². The van der Waals surface area contributed by atoms with Crippen LogP contribution in [0, 0.1) is 18.3 Å². The van der Waals surface area contributed by atoms with Gasteiger partial charge in [-0.25, -0.2) is 0 Å². The van der Waals surface area contributed by atoms with Crippen molar-refractivity contribution in [2.75, 3.05) is 26.2 Å². The van der Waals surface area contributed by atoms with Gasteiger partial charge >= 0.3 is 0 Å². The van der Waals surface area contributed by atoms with Gasteiger partial charge in [0.2, 0.25) is 0 Å². The molecule has 8 heteroatoms. The van der Waals surface area contributed by atoms with Crippen molar-refractivity contribution < 1.29 is 14.2 Å². The van der Waals surface area contributed by atoms with Crippen LogP contribution in [0.3, 0.4) is 0 Å². The predicted octanol–water partition coefficient (Wildman–Crippen LogP) is 7.02. The van der Waals surface area contributed by atoms with E-state index < -0.39 is 0 Å². The van der Waals surface area contributed by atoms with E-state index in [1.54, 1.807) is 21.3 Å². The molecule has 0 spiro atoms. The fourth-order valence-electron chi connectivity index (χ4n) is 5.88. The highest BCUT2D eigenvalue weighted by molar-refractivity contribution is 5.86. The van der Waals surface area contributed by atoms with Gasteiger partial charge in [0.05, 0.1) is 37.7 Å². The van der Waals surface area contributed by atoms with Gasteiger partial charge in [-0.3, -0.25) is 4.68 Å². The molecule has 0 unspecified atom stereocenters. The number of ether oxygens (including phenoxy) is 3. The molecule has 2 heterocycles. The van der Waals surface area contributed by atoms with Crippen molar-refractivity contribution in [3.63, 3.8) is 0 Å². The molecule has 2 aromatic heterocycles. The van der Waals surface area contributed by atoms with Crippen molar-refractivity contribution in [3.05, 3.63) is 106 Å². The Labute approximate surface area is 253 Å². The van der Waals surface area contributed by atoms with Gasteiger partial charge in [0.15, 0.2) is 5.82 Å². The van der Waals surface area contributed by atoms with Crippen LogP contribution in [0.15, 0.2) is 72.8 Å². The number of H-pyrrole nitrogens is 1. The van der Waals surface area contributed by atoms with Crippen LogP contribution in [0.4, 0.5) is 5.82 Å². The van der Waals surface area contributed by atoms with Gasteiger partial charge in [0, 0.05) is 61.0 Å². The van der Waals surface area contributed by atoms with Crippen LogP contribution in [0.2, 0.25) is 0 Å². The monoisotopic (exact) mass is 577 g/mol. The second-order valence-corrected chi connectivity index (χ2v) is 10.8. The Kier molecular flexibility index (Phi) is 9.33. The summed E-state index contributed by atoms with van der Waals surface area (Å²) in [6.07, 6.45) is 3.26. The number of aryl methyl sites for hydroxylation is 2. The maximum atomic E-state index is 8.78. The Morgan fingerprint density at radius 1 is 1.00 bits per heavy atom. The summed E-state index contributed by atoms with van der Waals surface area (Å²) < 4.78 is 18.8. The Hall–Kier alpha value is -4.74. The number of nitriles is 1. The lowest BCUT2D eigenvalue weighted by Crippen LogP contribution is -2.24. The lowest BCUT2D eigenvalue weighted by Gasteiger charge is -2.27. The number of aromatic nitrogens is 3. The van der Waals surface area contributed by atoms with E-state index >= 15 is 0 Å². The van der Waals surface area contributed by atoms with Crippen molar-refractivity contribution in [3.8, 4) is 17.6 Å². The highest BCUT2D eigenvalue weighted by atomic mass is 16.5. The number of fused-ring (bicyclic) bond motifs is 2. The minimum absolute atomic E-state index is 0.101. The van der Waals surface area contributed by atoms with E-state index in [1.165, 1.54) is 16.8 Å². The normalized spacial score (nSPS) is 13.9. The molecule has 5 aromatic rings. The Bertz CT molecular complexity index is 1720. The minimum atomic E-state index is 0.101. The molecule has 6 rings (SSSR count). The third-order valence-corrected chi connectivity index (χ3v) is 7.95. The molecule has 0 fully saturated rings. The fraction of sp³-hybridized carbons (Fsp3) is 0.314. The van der Waals surface area contributed by atoms with Gasteiger partial charge < -0.3 is 24.1 Å². The molecule has 3 aromatic carbocycles. The zero-order valence-electron chi connectivity index (χ0n) is 25.6. The van der Waals surface area contributed by atoms with Gasteiger partial charge in [-0.05, 0) is 62.1 Å². The first-order valence-electron chi connectivity index (χ1n) is 14.5. The van der Waals surface area contributed by atoms with Crippen molar-refractivity contribution in [2.24, 2.45) is 7.05 Å². The lowest BCUT2D eigenvalue weighted by molar-refractivity contribution is 0.0812. The van der Waals surface area contributed by atoms with E-state index in [2.05, 4.69) is 46.3 Å². The van der Waals surface area contributed by atoms with Gasteiger partial charge in [-0.2, -0.15) is 10.4 Å². The third kappa shape index (κ3) is 6.52. The average molecular weight is 578 g/mol. The topological polar surface area (TPSA) is 88.3 Å². The Balaban J connectivity index is 0.000000255. The summed E-state index contributed by atoms with van der Waals surface area (Å²) in [7, 11) is 7.18. The van der Waals surface area contributed by atoms with Gasteiger partial charge in [0.25, 0.3) is 0 Å². The molecule has 1 aliphatic rings. The smallest absolute Gasteiger partial charge is 0.154 e. The van der Waals surface area contributed by atoms with Crippen LogP contribution in [0.1, 0.15) is 52.6 Å².